The Labute approximate surface area is 129 Å². The minimum Gasteiger partial charge on any atom is -0.492 e. The van der Waals surface area contributed by atoms with Crippen molar-refractivity contribution in [2.75, 3.05) is 6.61 Å². The van der Waals surface area contributed by atoms with E-state index in [1.54, 1.807) is 0 Å². The number of hydrogen-bond acceptors (Lipinski definition) is 3. The summed E-state index contributed by atoms with van der Waals surface area (Å²) in [6.45, 7) is 1.34. The van der Waals surface area contributed by atoms with Gasteiger partial charge in [0.15, 0.2) is 5.82 Å². The fourth-order valence-electron chi connectivity index (χ4n) is 2.50. The molecule has 4 rings (SSSR count). The highest BCUT2D eigenvalue weighted by Gasteiger charge is 2.34. The number of hydrogen-bond donors (Lipinski definition) is 0. The van der Waals surface area contributed by atoms with Crippen LogP contribution in [0.2, 0.25) is 5.02 Å². The first kappa shape index (κ1) is 13.1. The van der Waals surface area contributed by atoms with Crippen LogP contribution in [0.25, 0.3) is 0 Å². The van der Waals surface area contributed by atoms with Crippen LogP contribution in [0.5, 0.6) is 5.75 Å². The van der Waals surface area contributed by atoms with Gasteiger partial charge in [0.25, 0.3) is 0 Å². The van der Waals surface area contributed by atoms with Crippen LogP contribution in [-0.2, 0) is 6.54 Å². The van der Waals surface area contributed by atoms with Crippen molar-refractivity contribution in [3.05, 3.63) is 40.9 Å². The van der Waals surface area contributed by atoms with Gasteiger partial charge in [-0.05, 0) is 43.9 Å². The first-order valence-electron chi connectivity index (χ1n) is 7.62. The second-order valence-electron chi connectivity index (χ2n) is 5.91. The first-order chi connectivity index (χ1) is 10.3. The lowest BCUT2D eigenvalue weighted by Crippen LogP contribution is -2.12. The quantitative estimate of drug-likeness (QED) is 0.815. The molecule has 0 spiro atoms. The van der Waals surface area contributed by atoms with Crippen molar-refractivity contribution >= 4 is 11.6 Å². The molecule has 0 aliphatic heterocycles. The molecule has 4 nitrogen and oxygen atoms in total. The van der Waals surface area contributed by atoms with Crippen molar-refractivity contribution in [2.45, 2.75) is 44.1 Å². The molecule has 2 aromatic rings. The number of aromatic nitrogens is 3. The summed E-state index contributed by atoms with van der Waals surface area (Å²) in [5.74, 6) is 4.23. The van der Waals surface area contributed by atoms with Crippen molar-refractivity contribution in [3.8, 4) is 5.75 Å². The van der Waals surface area contributed by atoms with Gasteiger partial charge in [0.05, 0.1) is 6.54 Å². The molecule has 0 bridgehead atoms. The third kappa shape index (κ3) is 3.05. The summed E-state index contributed by atoms with van der Waals surface area (Å²) in [4.78, 5) is 4.75. The minimum atomic E-state index is 0.591. The third-order valence-electron chi connectivity index (χ3n) is 3.97. The van der Waals surface area contributed by atoms with E-state index in [1.807, 2.05) is 24.3 Å². The zero-order valence-corrected chi connectivity index (χ0v) is 12.6. The van der Waals surface area contributed by atoms with Gasteiger partial charge in [0.2, 0.25) is 0 Å². The van der Waals surface area contributed by atoms with Gasteiger partial charge in [-0.15, -0.1) is 0 Å². The maximum atomic E-state index is 5.95. The molecule has 2 aliphatic rings. The molecule has 1 aromatic heterocycles. The van der Waals surface area contributed by atoms with Crippen LogP contribution in [0, 0.1) is 0 Å². The van der Waals surface area contributed by atoms with Crippen LogP contribution in [-0.4, -0.2) is 21.4 Å². The number of ether oxygens (including phenoxy) is 1. The Morgan fingerprint density at radius 1 is 1.19 bits per heavy atom. The lowest BCUT2D eigenvalue weighted by molar-refractivity contribution is 0.288. The lowest BCUT2D eigenvalue weighted by atomic mass is 10.3. The zero-order chi connectivity index (χ0) is 14.2. The summed E-state index contributed by atoms with van der Waals surface area (Å²) < 4.78 is 7.81. The van der Waals surface area contributed by atoms with Crippen molar-refractivity contribution in [1.82, 2.24) is 14.8 Å². The standard InChI is InChI=1S/C16H18ClN3O/c17-13-2-1-3-14(10-13)21-9-8-20-16(12-6-7-12)18-15(19-20)11-4-5-11/h1-3,10-12H,4-9H2. The Bertz CT molecular complexity index is 647. The summed E-state index contributed by atoms with van der Waals surface area (Å²) in [6, 6.07) is 7.50. The molecule has 2 fully saturated rings. The van der Waals surface area contributed by atoms with Gasteiger partial charge < -0.3 is 4.74 Å². The molecule has 1 aromatic carbocycles. The van der Waals surface area contributed by atoms with Crippen molar-refractivity contribution in [1.29, 1.82) is 0 Å². The van der Waals surface area contributed by atoms with Gasteiger partial charge >= 0.3 is 0 Å². The molecule has 0 saturated heterocycles. The second kappa shape index (κ2) is 5.34. The van der Waals surface area contributed by atoms with E-state index in [0.29, 0.717) is 23.5 Å². The summed E-state index contributed by atoms with van der Waals surface area (Å²) >= 11 is 5.95. The van der Waals surface area contributed by atoms with E-state index in [0.717, 1.165) is 23.9 Å². The van der Waals surface area contributed by atoms with E-state index in [-0.39, 0.29) is 0 Å². The Hall–Kier alpha value is -1.55. The average molecular weight is 304 g/mol. The summed E-state index contributed by atoms with van der Waals surface area (Å²) in [7, 11) is 0. The Morgan fingerprint density at radius 3 is 2.71 bits per heavy atom. The molecular formula is C16H18ClN3O. The molecule has 2 saturated carbocycles. The lowest BCUT2D eigenvalue weighted by Gasteiger charge is -2.08. The Balaban J connectivity index is 1.42. The largest absolute Gasteiger partial charge is 0.492 e. The summed E-state index contributed by atoms with van der Waals surface area (Å²) in [5.41, 5.74) is 0. The maximum Gasteiger partial charge on any atom is 0.154 e. The van der Waals surface area contributed by atoms with Crippen molar-refractivity contribution in [2.24, 2.45) is 0 Å². The van der Waals surface area contributed by atoms with Crippen molar-refractivity contribution < 1.29 is 4.74 Å². The van der Waals surface area contributed by atoms with Gasteiger partial charge in [-0.3, -0.25) is 0 Å². The number of benzene rings is 1. The molecule has 5 heteroatoms. The molecule has 0 unspecified atom stereocenters. The maximum absolute atomic E-state index is 5.95. The fourth-order valence-corrected chi connectivity index (χ4v) is 2.68. The molecule has 0 N–H and O–H groups in total. The molecule has 21 heavy (non-hydrogen) atoms. The predicted molar refractivity (Wildman–Crippen MR) is 80.9 cm³/mol. The van der Waals surface area contributed by atoms with E-state index in [9.17, 15) is 0 Å². The summed E-state index contributed by atoms with van der Waals surface area (Å²) in [6.07, 6.45) is 4.98. The Morgan fingerprint density at radius 2 is 2.00 bits per heavy atom. The normalized spacial score (nSPS) is 18.0. The van der Waals surface area contributed by atoms with Gasteiger partial charge in [0.1, 0.15) is 18.2 Å². The third-order valence-corrected chi connectivity index (χ3v) is 4.20. The van der Waals surface area contributed by atoms with Gasteiger partial charge in [0, 0.05) is 16.9 Å². The van der Waals surface area contributed by atoms with E-state index in [4.69, 9.17) is 21.3 Å². The zero-order valence-electron chi connectivity index (χ0n) is 11.8. The molecule has 1 heterocycles. The van der Waals surface area contributed by atoms with Crippen LogP contribution in [0.1, 0.15) is 49.2 Å². The highest BCUT2D eigenvalue weighted by Crippen LogP contribution is 2.42. The molecule has 2 aliphatic carbocycles. The van der Waals surface area contributed by atoms with Gasteiger partial charge in [-0.1, -0.05) is 17.7 Å². The predicted octanol–water partition coefficient (Wildman–Crippen LogP) is 3.77. The fraction of sp³-hybridized carbons (Fsp3) is 0.500. The van der Waals surface area contributed by atoms with E-state index >= 15 is 0 Å². The molecule has 110 valence electrons. The van der Waals surface area contributed by atoms with E-state index < -0.39 is 0 Å². The van der Waals surface area contributed by atoms with Gasteiger partial charge in [-0.25, -0.2) is 9.67 Å². The number of rotatable bonds is 6. The minimum absolute atomic E-state index is 0.591. The van der Waals surface area contributed by atoms with Crippen LogP contribution in [0.4, 0.5) is 0 Å². The number of halogens is 1. The number of nitrogens with zero attached hydrogens (tertiary/aromatic N) is 3. The Kier molecular flexibility index (Phi) is 3.34. The van der Waals surface area contributed by atoms with Crippen molar-refractivity contribution in [3.63, 3.8) is 0 Å². The van der Waals surface area contributed by atoms with Crippen LogP contribution in [0.15, 0.2) is 24.3 Å². The highest BCUT2D eigenvalue weighted by molar-refractivity contribution is 6.30. The van der Waals surface area contributed by atoms with Gasteiger partial charge in [-0.2, -0.15) is 5.10 Å². The van der Waals surface area contributed by atoms with Crippen LogP contribution < -0.4 is 4.74 Å². The second-order valence-corrected chi connectivity index (χ2v) is 6.34. The average Bonchev–Trinajstić information content (AvgIpc) is 3.38. The van der Waals surface area contributed by atoms with Crippen LogP contribution in [0.3, 0.4) is 0 Å². The van der Waals surface area contributed by atoms with E-state index in [1.165, 1.54) is 25.7 Å². The smallest absolute Gasteiger partial charge is 0.154 e. The topological polar surface area (TPSA) is 39.9 Å². The van der Waals surface area contributed by atoms with E-state index in [2.05, 4.69) is 9.78 Å². The highest BCUT2D eigenvalue weighted by atomic mass is 35.5. The molecule has 0 amide bonds. The molecular weight excluding hydrogens is 286 g/mol. The molecule has 0 atom stereocenters. The SMILES string of the molecule is Clc1cccc(OCCn2nc(C3CC3)nc2C2CC2)c1. The summed E-state index contributed by atoms with van der Waals surface area (Å²) in [5, 5.41) is 5.38. The molecule has 0 radical (unpaired) electrons. The first-order valence-corrected chi connectivity index (χ1v) is 8.00. The monoisotopic (exact) mass is 303 g/mol. The van der Waals surface area contributed by atoms with Crippen LogP contribution >= 0.6 is 11.6 Å².